The zero-order valence-corrected chi connectivity index (χ0v) is 11.7. The van der Waals surface area contributed by atoms with Gasteiger partial charge in [0.2, 0.25) is 5.91 Å². The number of urea groups is 1. The molecule has 2 aromatic rings. The lowest BCUT2D eigenvalue weighted by molar-refractivity contribution is -0.119. The zero-order chi connectivity index (χ0) is 14.4. The van der Waals surface area contributed by atoms with Gasteiger partial charge in [-0.3, -0.25) is 4.79 Å². The number of hydrogen-bond donors (Lipinski definition) is 3. The molecule has 1 aromatic carbocycles. The molecule has 0 saturated heterocycles. The molecule has 1 aromatic heterocycles. The molecule has 3 amide bonds. The van der Waals surface area contributed by atoms with Crippen LogP contribution < -0.4 is 16.0 Å². The van der Waals surface area contributed by atoms with Gasteiger partial charge in [-0.15, -0.1) is 11.3 Å². The van der Waals surface area contributed by atoms with Gasteiger partial charge in [-0.1, -0.05) is 12.1 Å². The summed E-state index contributed by atoms with van der Waals surface area (Å²) < 4.78 is 0. The molecule has 0 fully saturated rings. The fourth-order valence-electron chi connectivity index (χ4n) is 1.52. The van der Waals surface area contributed by atoms with E-state index < -0.39 is 6.03 Å². The third kappa shape index (κ3) is 3.79. The van der Waals surface area contributed by atoms with Crippen LogP contribution in [-0.4, -0.2) is 30.5 Å². The van der Waals surface area contributed by atoms with Gasteiger partial charge in [0.25, 0.3) is 0 Å². The van der Waals surface area contributed by atoms with E-state index in [0.29, 0.717) is 5.69 Å². The predicted octanol–water partition coefficient (Wildman–Crippen LogP) is 1.68. The SMILES string of the molecule is CNC(=O)CNC(=O)Nc1cccc(-c2nccs2)c1. The number of likely N-dealkylation sites (N-methyl/N-ethyl adjacent to an activating group) is 1. The third-order valence-electron chi connectivity index (χ3n) is 2.49. The Bertz CT molecular complexity index is 598. The highest BCUT2D eigenvalue weighted by Gasteiger charge is 2.06. The van der Waals surface area contributed by atoms with Crippen LogP contribution in [0.3, 0.4) is 0 Å². The quantitative estimate of drug-likeness (QED) is 0.801. The fourth-order valence-corrected chi connectivity index (χ4v) is 2.16. The van der Waals surface area contributed by atoms with Crippen molar-refractivity contribution in [2.75, 3.05) is 18.9 Å². The number of rotatable bonds is 4. The predicted molar refractivity (Wildman–Crippen MR) is 78.6 cm³/mol. The van der Waals surface area contributed by atoms with Crippen LogP contribution in [0.15, 0.2) is 35.8 Å². The molecule has 104 valence electrons. The summed E-state index contributed by atoms with van der Waals surface area (Å²) in [6.07, 6.45) is 1.73. The molecule has 2 rings (SSSR count). The molecule has 0 saturated carbocycles. The average molecular weight is 290 g/mol. The van der Waals surface area contributed by atoms with Crippen molar-refractivity contribution >= 4 is 29.0 Å². The Morgan fingerprint density at radius 2 is 2.20 bits per heavy atom. The minimum atomic E-state index is -0.426. The summed E-state index contributed by atoms with van der Waals surface area (Å²) in [4.78, 5) is 26.8. The van der Waals surface area contributed by atoms with Crippen LogP contribution in [0.2, 0.25) is 0 Å². The minimum Gasteiger partial charge on any atom is -0.358 e. The molecule has 0 aliphatic carbocycles. The number of carbonyl (C=O) groups excluding carboxylic acids is 2. The van der Waals surface area contributed by atoms with Crippen LogP contribution in [-0.2, 0) is 4.79 Å². The molecular formula is C13H14N4O2S. The van der Waals surface area contributed by atoms with E-state index in [1.54, 1.807) is 12.3 Å². The second kappa shape index (κ2) is 6.67. The molecule has 20 heavy (non-hydrogen) atoms. The van der Waals surface area contributed by atoms with Crippen LogP contribution in [0.1, 0.15) is 0 Å². The van der Waals surface area contributed by atoms with Gasteiger partial charge in [0.15, 0.2) is 0 Å². The van der Waals surface area contributed by atoms with E-state index in [2.05, 4.69) is 20.9 Å². The van der Waals surface area contributed by atoms with Crippen molar-refractivity contribution in [1.29, 1.82) is 0 Å². The highest BCUT2D eigenvalue weighted by Crippen LogP contribution is 2.24. The number of aromatic nitrogens is 1. The van der Waals surface area contributed by atoms with Crippen molar-refractivity contribution in [3.05, 3.63) is 35.8 Å². The van der Waals surface area contributed by atoms with Crippen LogP contribution in [0.4, 0.5) is 10.5 Å². The third-order valence-corrected chi connectivity index (χ3v) is 3.31. The lowest BCUT2D eigenvalue weighted by Gasteiger charge is -2.07. The number of thiazole rings is 1. The van der Waals surface area contributed by atoms with Crippen LogP contribution >= 0.6 is 11.3 Å². The standard InChI is InChI=1S/C13H14N4O2S/c1-14-11(18)8-16-13(19)17-10-4-2-3-9(7-10)12-15-5-6-20-12/h2-7H,8H2,1H3,(H,14,18)(H2,16,17,19). The Morgan fingerprint density at radius 3 is 2.90 bits per heavy atom. The number of nitrogens with one attached hydrogen (secondary N) is 3. The molecule has 0 radical (unpaired) electrons. The van der Waals surface area contributed by atoms with E-state index in [4.69, 9.17) is 0 Å². The molecule has 3 N–H and O–H groups in total. The Kier molecular flexibility index (Phi) is 4.67. The van der Waals surface area contributed by atoms with E-state index in [1.165, 1.54) is 18.4 Å². The molecule has 0 aliphatic heterocycles. The first-order valence-corrected chi connectivity index (χ1v) is 6.82. The summed E-state index contributed by atoms with van der Waals surface area (Å²) in [5, 5.41) is 10.3. The van der Waals surface area contributed by atoms with Gasteiger partial charge in [0, 0.05) is 29.9 Å². The molecule has 0 unspecified atom stereocenters. The number of hydrogen-bond acceptors (Lipinski definition) is 4. The summed E-state index contributed by atoms with van der Waals surface area (Å²) in [6, 6.07) is 6.94. The maximum atomic E-state index is 11.6. The number of benzene rings is 1. The van der Waals surface area contributed by atoms with E-state index in [-0.39, 0.29) is 12.5 Å². The number of carbonyl (C=O) groups is 2. The topological polar surface area (TPSA) is 83.1 Å². The van der Waals surface area contributed by atoms with Crippen molar-refractivity contribution in [2.45, 2.75) is 0 Å². The Hall–Kier alpha value is -2.41. The van der Waals surface area contributed by atoms with E-state index >= 15 is 0 Å². The fraction of sp³-hybridized carbons (Fsp3) is 0.154. The maximum absolute atomic E-state index is 11.6. The molecule has 0 bridgehead atoms. The summed E-state index contributed by atoms with van der Waals surface area (Å²) in [5.74, 6) is -0.253. The van der Waals surface area contributed by atoms with E-state index in [1.807, 2.05) is 23.6 Å². The summed E-state index contributed by atoms with van der Waals surface area (Å²) in [6.45, 7) is -0.0610. The largest absolute Gasteiger partial charge is 0.358 e. The molecule has 0 aliphatic rings. The minimum absolute atomic E-state index is 0.0610. The molecular weight excluding hydrogens is 276 g/mol. The van der Waals surface area contributed by atoms with Crippen molar-refractivity contribution in [3.63, 3.8) is 0 Å². The first-order valence-electron chi connectivity index (χ1n) is 5.94. The van der Waals surface area contributed by atoms with E-state index in [9.17, 15) is 9.59 Å². The maximum Gasteiger partial charge on any atom is 0.319 e. The lowest BCUT2D eigenvalue weighted by Crippen LogP contribution is -2.37. The number of anilines is 1. The Balaban J connectivity index is 1.98. The first-order chi connectivity index (χ1) is 9.69. The highest BCUT2D eigenvalue weighted by molar-refractivity contribution is 7.13. The van der Waals surface area contributed by atoms with Crippen molar-refractivity contribution in [2.24, 2.45) is 0 Å². The number of nitrogens with zero attached hydrogens (tertiary/aromatic N) is 1. The normalized spacial score (nSPS) is 9.85. The van der Waals surface area contributed by atoms with Gasteiger partial charge in [-0.05, 0) is 12.1 Å². The monoisotopic (exact) mass is 290 g/mol. The molecule has 6 nitrogen and oxygen atoms in total. The summed E-state index contributed by atoms with van der Waals surface area (Å²) >= 11 is 1.53. The second-order valence-corrected chi connectivity index (χ2v) is 4.79. The van der Waals surface area contributed by atoms with Gasteiger partial charge in [-0.25, -0.2) is 9.78 Å². The molecule has 0 spiro atoms. The highest BCUT2D eigenvalue weighted by atomic mass is 32.1. The van der Waals surface area contributed by atoms with Gasteiger partial charge in [0.05, 0.1) is 6.54 Å². The van der Waals surface area contributed by atoms with Gasteiger partial charge >= 0.3 is 6.03 Å². The van der Waals surface area contributed by atoms with Crippen LogP contribution in [0.25, 0.3) is 10.6 Å². The smallest absolute Gasteiger partial charge is 0.319 e. The second-order valence-electron chi connectivity index (χ2n) is 3.90. The van der Waals surface area contributed by atoms with Gasteiger partial charge in [-0.2, -0.15) is 0 Å². The Morgan fingerprint density at radius 1 is 1.35 bits per heavy atom. The lowest BCUT2D eigenvalue weighted by atomic mass is 10.2. The van der Waals surface area contributed by atoms with Crippen LogP contribution in [0.5, 0.6) is 0 Å². The van der Waals surface area contributed by atoms with Gasteiger partial charge in [0.1, 0.15) is 5.01 Å². The Labute approximate surface area is 120 Å². The first kappa shape index (κ1) is 14.0. The van der Waals surface area contributed by atoms with Crippen LogP contribution in [0, 0.1) is 0 Å². The van der Waals surface area contributed by atoms with E-state index in [0.717, 1.165) is 10.6 Å². The van der Waals surface area contributed by atoms with Gasteiger partial charge < -0.3 is 16.0 Å². The zero-order valence-electron chi connectivity index (χ0n) is 10.8. The summed E-state index contributed by atoms with van der Waals surface area (Å²) in [7, 11) is 1.51. The van der Waals surface area contributed by atoms with Crippen molar-refractivity contribution in [1.82, 2.24) is 15.6 Å². The average Bonchev–Trinajstić information content (AvgIpc) is 2.99. The number of amides is 3. The molecule has 1 heterocycles. The summed E-state index contributed by atoms with van der Waals surface area (Å²) in [5.41, 5.74) is 1.58. The molecule has 7 heteroatoms. The van der Waals surface area contributed by atoms with Crippen molar-refractivity contribution < 1.29 is 9.59 Å². The van der Waals surface area contributed by atoms with Crippen molar-refractivity contribution in [3.8, 4) is 10.6 Å². The molecule has 0 atom stereocenters.